The summed E-state index contributed by atoms with van der Waals surface area (Å²) in [5, 5.41) is 9.72. The molecule has 1 unspecified atom stereocenters. The van der Waals surface area contributed by atoms with E-state index in [1.54, 1.807) is 0 Å². The van der Waals surface area contributed by atoms with Crippen LogP contribution in [0.3, 0.4) is 0 Å². The van der Waals surface area contributed by atoms with Crippen LogP contribution in [0.1, 0.15) is 34.6 Å². The molecule has 0 aromatic carbocycles. The fourth-order valence-corrected chi connectivity index (χ4v) is 0.823. The number of aliphatic hydroxyl groups is 1. The Bertz CT molecular complexity index is 98.0. The summed E-state index contributed by atoms with van der Waals surface area (Å²) < 4.78 is 0. The number of hydrogen-bond acceptors (Lipinski definition) is 2. The molecule has 2 heteroatoms. The van der Waals surface area contributed by atoms with Gasteiger partial charge in [0, 0.05) is 6.54 Å². The van der Waals surface area contributed by atoms with E-state index in [0.29, 0.717) is 5.92 Å². The Morgan fingerprint density at radius 3 is 1.67 bits per heavy atom. The predicted octanol–water partition coefficient (Wildman–Crippen LogP) is 1.98. The maximum atomic E-state index is 9.72. The maximum Gasteiger partial charge on any atom is 0.0768 e. The predicted molar refractivity (Wildman–Crippen MR) is 55.4 cm³/mol. The third-order valence-electron chi connectivity index (χ3n) is 1.88. The second-order valence-electron chi connectivity index (χ2n) is 3.75. The Kier molecular flexibility index (Phi) is 7.75. The largest absolute Gasteiger partial charge is 0.389 e. The van der Waals surface area contributed by atoms with E-state index in [1.807, 2.05) is 53.6 Å². The first kappa shape index (κ1) is 14.4. The molecule has 0 saturated heterocycles. The van der Waals surface area contributed by atoms with Crippen molar-refractivity contribution in [2.75, 3.05) is 20.6 Å². The highest BCUT2D eigenvalue weighted by Gasteiger charge is 2.24. The van der Waals surface area contributed by atoms with Gasteiger partial charge in [-0.15, -0.1) is 0 Å². The monoisotopic (exact) mass is 175 g/mol. The van der Waals surface area contributed by atoms with Crippen molar-refractivity contribution in [1.82, 2.24) is 4.90 Å². The zero-order valence-electron chi connectivity index (χ0n) is 9.68. The van der Waals surface area contributed by atoms with E-state index in [0.717, 1.165) is 6.54 Å². The van der Waals surface area contributed by atoms with Crippen molar-refractivity contribution in [1.29, 1.82) is 0 Å². The van der Waals surface area contributed by atoms with E-state index < -0.39 is 5.60 Å². The molecule has 0 amide bonds. The van der Waals surface area contributed by atoms with E-state index in [1.165, 1.54) is 0 Å². The van der Waals surface area contributed by atoms with Crippen molar-refractivity contribution in [2.45, 2.75) is 40.2 Å². The van der Waals surface area contributed by atoms with Crippen LogP contribution in [0, 0.1) is 5.92 Å². The number of rotatable bonds is 3. The summed E-state index contributed by atoms with van der Waals surface area (Å²) in [6.07, 6.45) is 0. The van der Waals surface area contributed by atoms with Crippen LogP contribution >= 0.6 is 0 Å². The van der Waals surface area contributed by atoms with Crippen LogP contribution in [0.4, 0.5) is 0 Å². The number of nitrogens with zero attached hydrogens (tertiary/aromatic N) is 1. The van der Waals surface area contributed by atoms with Crippen molar-refractivity contribution in [3.8, 4) is 0 Å². The molecule has 0 bridgehead atoms. The Hall–Kier alpha value is -0.0800. The van der Waals surface area contributed by atoms with E-state index >= 15 is 0 Å². The van der Waals surface area contributed by atoms with Gasteiger partial charge >= 0.3 is 0 Å². The average Bonchev–Trinajstić information content (AvgIpc) is 1.89. The lowest BCUT2D eigenvalue weighted by atomic mass is 9.92. The van der Waals surface area contributed by atoms with Crippen LogP contribution < -0.4 is 0 Å². The molecule has 1 atom stereocenters. The van der Waals surface area contributed by atoms with Crippen molar-refractivity contribution in [3.05, 3.63) is 0 Å². The Morgan fingerprint density at radius 1 is 1.25 bits per heavy atom. The topological polar surface area (TPSA) is 23.5 Å². The van der Waals surface area contributed by atoms with Gasteiger partial charge in [0.15, 0.2) is 0 Å². The fourth-order valence-electron chi connectivity index (χ4n) is 0.823. The van der Waals surface area contributed by atoms with Crippen LogP contribution in [-0.2, 0) is 0 Å². The van der Waals surface area contributed by atoms with E-state index in [9.17, 15) is 5.11 Å². The lowest BCUT2D eigenvalue weighted by Crippen LogP contribution is -2.41. The molecule has 0 saturated carbocycles. The molecule has 0 aliphatic rings. The summed E-state index contributed by atoms with van der Waals surface area (Å²) in [5.74, 6) is 0.315. The number of hydrogen-bond donors (Lipinski definition) is 1. The van der Waals surface area contributed by atoms with Gasteiger partial charge in [0.2, 0.25) is 0 Å². The zero-order valence-corrected chi connectivity index (χ0v) is 9.68. The lowest BCUT2D eigenvalue weighted by molar-refractivity contribution is -0.00793. The lowest BCUT2D eigenvalue weighted by Gasteiger charge is -2.30. The minimum atomic E-state index is -0.552. The molecule has 0 spiro atoms. The van der Waals surface area contributed by atoms with Gasteiger partial charge in [0.05, 0.1) is 5.60 Å². The van der Waals surface area contributed by atoms with E-state index in [-0.39, 0.29) is 0 Å². The molecule has 0 aromatic rings. The molecule has 0 fully saturated rings. The highest BCUT2D eigenvalue weighted by Crippen LogP contribution is 2.15. The van der Waals surface area contributed by atoms with Gasteiger partial charge in [-0.25, -0.2) is 0 Å². The van der Waals surface area contributed by atoms with Gasteiger partial charge < -0.3 is 10.0 Å². The third kappa shape index (κ3) is 6.62. The minimum Gasteiger partial charge on any atom is -0.389 e. The van der Waals surface area contributed by atoms with Crippen LogP contribution in [-0.4, -0.2) is 36.2 Å². The molecule has 0 rings (SSSR count). The van der Waals surface area contributed by atoms with E-state index in [2.05, 4.69) is 0 Å². The molecule has 76 valence electrons. The minimum absolute atomic E-state index is 0.315. The van der Waals surface area contributed by atoms with Gasteiger partial charge in [0.25, 0.3) is 0 Å². The summed E-state index contributed by atoms with van der Waals surface area (Å²) in [5.41, 5.74) is -0.552. The van der Waals surface area contributed by atoms with Gasteiger partial charge in [-0.2, -0.15) is 0 Å². The van der Waals surface area contributed by atoms with Crippen LogP contribution in [0.2, 0.25) is 0 Å². The molecule has 0 aliphatic carbocycles. The smallest absolute Gasteiger partial charge is 0.0768 e. The first-order chi connectivity index (χ1) is 5.36. The summed E-state index contributed by atoms with van der Waals surface area (Å²) in [7, 11) is 3.94. The van der Waals surface area contributed by atoms with E-state index in [4.69, 9.17) is 0 Å². The summed E-state index contributed by atoms with van der Waals surface area (Å²) in [4.78, 5) is 2.00. The second kappa shape index (κ2) is 6.44. The highest BCUT2D eigenvalue weighted by atomic mass is 16.3. The van der Waals surface area contributed by atoms with Crippen molar-refractivity contribution < 1.29 is 5.11 Å². The first-order valence-electron chi connectivity index (χ1n) is 4.73. The van der Waals surface area contributed by atoms with Gasteiger partial charge in [-0.3, -0.25) is 0 Å². The normalized spacial score (nSPS) is 15.5. The molecule has 2 nitrogen and oxygen atoms in total. The summed E-state index contributed by atoms with van der Waals surface area (Å²) in [6, 6.07) is 0. The summed E-state index contributed by atoms with van der Waals surface area (Å²) in [6.45, 7) is 10.7. The zero-order chi connectivity index (χ0) is 10.4. The second-order valence-corrected chi connectivity index (χ2v) is 3.75. The standard InChI is InChI=1S/C8H19NO.C2H6/c1-7(2)8(3,10)6-9(4)5;1-2/h7,10H,6H2,1-5H3;1-2H3. The maximum absolute atomic E-state index is 9.72. The SMILES string of the molecule is CC.CC(C)C(C)(O)CN(C)C. The van der Waals surface area contributed by atoms with Crippen molar-refractivity contribution in [2.24, 2.45) is 5.92 Å². The third-order valence-corrected chi connectivity index (χ3v) is 1.88. The van der Waals surface area contributed by atoms with Crippen LogP contribution in [0.5, 0.6) is 0 Å². The first-order valence-corrected chi connectivity index (χ1v) is 4.73. The van der Waals surface area contributed by atoms with Crippen LogP contribution in [0.15, 0.2) is 0 Å². The van der Waals surface area contributed by atoms with Gasteiger partial charge in [0.1, 0.15) is 0 Å². The number of likely N-dealkylation sites (N-methyl/N-ethyl adjacent to an activating group) is 1. The molecule has 0 aliphatic heterocycles. The molecule has 0 heterocycles. The fraction of sp³-hybridized carbons (Fsp3) is 1.00. The Balaban J connectivity index is 0. The molecular formula is C10H25NO. The van der Waals surface area contributed by atoms with Gasteiger partial charge in [-0.05, 0) is 26.9 Å². The summed E-state index contributed by atoms with van der Waals surface area (Å²) >= 11 is 0. The van der Waals surface area contributed by atoms with Crippen molar-refractivity contribution >= 4 is 0 Å². The van der Waals surface area contributed by atoms with Gasteiger partial charge in [-0.1, -0.05) is 27.7 Å². The Labute approximate surface area is 77.6 Å². The van der Waals surface area contributed by atoms with Crippen molar-refractivity contribution in [3.63, 3.8) is 0 Å². The average molecular weight is 175 g/mol. The molecule has 0 radical (unpaired) electrons. The highest BCUT2D eigenvalue weighted by molar-refractivity contribution is 4.78. The molecular weight excluding hydrogens is 150 g/mol. The Morgan fingerprint density at radius 2 is 1.58 bits per heavy atom. The van der Waals surface area contributed by atoms with Crippen LogP contribution in [0.25, 0.3) is 0 Å². The molecule has 0 aromatic heterocycles. The quantitative estimate of drug-likeness (QED) is 0.709. The molecule has 1 N–H and O–H groups in total. The molecule has 12 heavy (non-hydrogen) atoms.